The predicted molar refractivity (Wildman–Crippen MR) is 316 cm³/mol. The van der Waals surface area contributed by atoms with Crippen LogP contribution in [0.5, 0.6) is 34.5 Å². The maximum atomic E-state index is 12.4. The predicted octanol–water partition coefficient (Wildman–Crippen LogP) is 9.64. The largest absolute Gasteiger partial charge is 0.493 e. The average molecular weight is 1220 g/mol. The van der Waals surface area contributed by atoms with Crippen LogP contribution in [0.25, 0.3) is 31.7 Å². The molecule has 0 aliphatic carbocycles. The van der Waals surface area contributed by atoms with Crippen molar-refractivity contribution in [2.24, 2.45) is 0 Å². The van der Waals surface area contributed by atoms with Crippen molar-refractivity contribution in [3.05, 3.63) is 100.0 Å². The number of anilines is 6. The number of nitrogen functional groups attached to an aromatic ring is 6. The second kappa shape index (κ2) is 30.7. The van der Waals surface area contributed by atoms with Gasteiger partial charge in [0, 0.05) is 62.2 Å². The van der Waals surface area contributed by atoms with Crippen molar-refractivity contribution < 1.29 is 41.6 Å². The van der Waals surface area contributed by atoms with E-state index in [1.54, 1.807) is 38.5 Å². The molecule has 0 bridgehead atoms. The van der Waals surface area contributed by atoms with Gasteiger partial charge in [0.05, 0.1) is 38.4 Å². The number of hydrogen-bond acceptors (Lipinski definition) is 28. The summed E-state index contributed by atoms with van der Waals surface area (Å²) < 4.78 is 68.9. The maximum absolute atomic E-state index is 12.4. The van der Waals surface area contributed by atoms with E-state index in [1.165, 1.54) is 88.5 Å². The van der Waals surface area contributed by atoms with Gasteiger partial charge in [-0.2, -0.15) is 15.0 Å². The number of thiazole rings is 3. The Kier molecular flexibility index (Phi) is 23.0. The molecule has 0 atom stereocenters. The minimum absolute atomic E-state index is 0.00901. The molecule has 0 unspecified atom stereocenters. The van der Waals surface area contributed by atoms with E-state index in [0.29, 0.717) is 90.5 Å². The van der Waals surface area contributed by atoms with E-state index in [2.05, 4.69) is 49.8 Å². The number of aromatic nitrogens is 10. The van der Waals surface area contributed by atoms with Crippen molar-refractivity contribution in [2.45, 2.75) is 32.7 Å². The van der Waals surface area contributed by atoms with E-state index in [4.69, 9.17) is 62.8 Å². The lowest BCUT2D eigenvalue weighted by Crippen LogP contribution is -2.03. The summed E-state index contributed by atoms with van der Waals surface area (Å²) in [6.07, 6.45) is 0. The Hall–Kier alpha value is -7.84. The van der Waals surface area contributed by atoms with Gasteiger partial charge in [-0.05, 0) is 54.6 Å². The van der Waals surface area contributed by atoms with E-state index < -0.39 is 20.0 Å². The van der Waals surface area contributed by atoms with Gasteiger partial charge in [-0.1, -0.05) is 35.3 Å². The third-order valence-electron chi connectivity index (χ3n) is 10.1. The zero-order valence-electron chi connectivity index (χ0n) is 43.4. The Balaban J connectivity index is 0.000000175. The highest BCUT2D eigenvalue weighted by atomic mass is 32.2. The number of nitrogens with zero attached hydrogens (tertiary/aromatic N) is 10. The minimum atomic E-state index is -0.567. The number of rotatable bonds is 24. The lowest BCUT2D eigenvalue weighted by atomic mass is 10.2. The highest BCUT2D eigenvalue weighted by Crippen LogP contribution is 2.38. The van der Waals surface area contributed by atoms with Crippen LogP contribution in [-0.2, 0) is 17.3 Å². The van der Waals surface area contributed by atoms with Gasteiger partial charge >= 0.3 is 0 Å². The van der Waals surface area contributed by atoms with Gasteiger partial charge in [-0.3, -0.25) is 0 Å². The van der Waals surface area contributed by atoms with E-state index in [9.17, 15) is 13.2 Å². The summed E-state index contributed by atoms with van der Waals surface area (Å²) in [7, 11) is 4.63. The molecule has 9 aromatic rings. The molecule has 0 aliphatic rings. The molecule has 9 rings (SSSR count). The monoisotopic (exact) mass is 1220 g/mol. The minimum Gasteiger partial charge on any atom is -0.493 e. The fourth-order valence-corrected chi connectivity index (χ4v) is 11.7. The van der Waals surface area contributed by atoms with E-state index in [1.807, 2.05) is 46.5 Å². The van der Waals surface area contributed by atoms with E-state index in [0.717, 1.165) is 48.8 Å². The fraction of sp³-hybridized carbons (Fsp3) is 0.240. The van der Waals surface area contributed by atoms with Crippen LogP contribution in [0, 0.1) is 0 Å². The first-order valence-electron chi connectivity index (χ1n) is 23.7. The van der Waals surface area contributed by atoms with Crippen molar-refractivity contribution in [1.29, 1.82) is 0 Å². The number of hydrogen-bond donors (Lipinski definition) is 6. The quantitative estimate of drug-likeness (QED) is 0.0242. The summed E-state index contributed by atoms with van der Waals surface area (Å²) in [5.41, 5.74) is 39.1. The van der Waals surface area contributed by atoms with Gasteiger partial charge in [0.15, 0.2) is 50.0 Å². The standard InChI is InChI=1S/2C17H18FN5O2S2.C16H17FN6O2S2/c1-24-13-6-10(2-3-12(13)25-5-4-18)16-21-11(8-26-16)9-27-17-22-14(19)7-15(20)23-17;1-24-12-3-2-10(6-13(12)25-5-4-18)16-21-11(8-26-16)9-27-17-22-14(19)7-15(20)23-17;1-24-12-6-9(2-3-11(12)25-5-4-17)13-20-10(7-26-13)8-27-16-22-14(18)21-15(19)23-16/h2*2-3,6-8H,4-5,9H2,1H3,(H4,19,20,22,23);2-3,6-7H,4-5,8H2,1H3,(H4,18,19,21,22,23). The van der Waals surface area contributed by atoms with Crippen LogP contribution in [0.2, 0.25) is 0 Å². The summed E-state index contributed by atoms with van der Waals surface area (Å²) >= 11 is 8.71. The van der Waals surface area contributed by atoms with Crippen LogP contribution in [0.3, 0.4) is 0 Å². The van der Waals surface area contributed by atoms with Crippen LogP contribution in [-0.4, -0.2) is 111 Å². The van der Waals surface area contributed by atoms with Crippen LogP contribution < -0.4 is 62.8 Å². The molecule has 0 saturated carbocycles. The topological polar surface area (TPSA) is 340 Å². The first kappa shape index (κ1) is 60.8. The number of methoxy groups -OCH3 is 3. The third kappa shape index (κ3) is 18.3. The number of halogens is 3. The summed E-state index contributed by atoms with van der Waals surface area (Å²) in [5.74, 6) is 6.38. The Labute approximate surface area is 487 Å². The summed E-state index contributed by atoms with van der Waals surface area (Å²) in [6, 6.07) is 19.4. The molecule has 81 heavy (non-hydrogen) atoms. The Morgan fingerprint density at radius 1 is 0.383 bits per heavy atom. The normalized spacial score (nSPS) is 10.7. The molecular formula is C50H53F3N16O6S6. The second-order valence-corrected chi connectivity index (χ2v) is 21.2. The van der Waals surface area contributed by atoms with E-state index in [-0.39, 0.29) is 31.7 Å². The van der Waals surface area contributed by atoms with Gasteiger partial charge in [0.1, 0.15) is 78.1 Å². The molecule has 31 heteroatoms. The first-order chi connectivity index (χ1) is 39.3. The Bertz CT molecular complexity index is 3270. The highest BCUT2D eigenvalue weighted by molar-refractivity contribution is 7.98. The first-order valence-corrected chi connectivity index (χ1v) is 29.3. The Morgan fingerprint density at radius 2 is 0.704 bits per heavy atom. The number of ether oxygens (including phenoxy) is 6. The number of alkyl halides is 3. The van der Waals surface area contributed by atoms with Crippen LogP contribution in [0.4, 0.5) is 48.3 Å². The van der Waals surface area contributed by atoms with E-state index >= 15 is 0 Å². The van der Waals surface area contributed by atoms with Gasteiger partial charge < -0.3 is 62.8 Å². The lowest BCUT2D eigenvalue weighted by molar-refractivity contribution is 0.260. The molecule has 0 saturated heterocycles. The van der Waals surface area contributed by atoms with Crippen LogP contribution >= 0.6 is 69.3 Å². The highest BCUT2D eigenvalue weighted by Gasteiger charge is 2.16. The molecule has 0 fully saturated rings. The molecule has 0 spiro atoms. The third-order valence-corrected chi connectivity index (χ3v) is 15.5. The molecule has 0 radical (unpaired) electrons. The zero-order chi connectivity index (χ0) is 57.7. The maximum Gasteiger partial charge on any atom is 0.225 e. The SMILES string of the molecule is COc1cc(-c2nc(CSc3nc(N)cc(N)n3)cs2)ccc1OCCF.COc1cc(-c2nc(CSc3nc(N)nc(N)n3)cs2)ccc1OCCF.COc1ccc(-c2nc(CSc3nc(N)cc(N)n3)cs2)cc1OCCF. The second-order valence-electron chi connectivity index (χ2n) is 15.8. The van der Waals surface area contributed by atoms with Gasteiger partial charge in [0.25, 0.3) is 0 Å². The average Bonchev–Trinajstić information content (AvgIpc) is 4.27. The zero-order valence-corrected chi connectivity index (χ0v) is 48.3. The van der Waals surface area contributed by atoms with Crippen molar-refractivity contribution in [2.75, 3.05) is 95.6 Å². The summed E-state index contributed by atoms with van der Waals surface area (Å²) in [5, 5.41) is 9.85. The number of benzene rings is 3. The van der Waals surface area contributed by atoms with Crippen LogP contribution in [0.15, 0.2) is 98.3 Å². The molecule has 12 N–H and O–H groups in total. The Morgan fingerprint density at radius 3 is 1.05 bits per heavy atom. The molecule has 0 amide bonds. The summed E-state index contributed by atoms with van der Waals surface area (Å²) in [4.78, 5) is 42.2. The van der Waals surface area contributed by atoms with Crippen LogP contribution in [0.1, 0.15) is 17.1 Å². The molecule has 0 aliphatic heterocycles. The van der Waals surface area contributed by atoms with Gasteiger partial charge in [-0.15, -0.1) is 34.0 Å². The van der Waals surface area contributed by atoms with Crippen molar-refractivity contribution in [3.8, 4) is 66.2 Å². The molecular weight excluding hydrogens is 1170 g/mol. The summed E-state index contributed by atoms with van der Waals surface area (Å²) in [6.45, 7) is -1.73. The van der Waals surface area contributed by atoms with Crippen molar-refractivity contribution in [1.82, 2.24) is 49.8 Å². The number of thioether (sulfide) groups is 3. The molecule has 426 valence electrons. The van der Waals surface area contributed by atoms with Gasteiger partial charge in [0.2, 0.25) is 11.9 Å². The fourth-order valence-electron chi connectivity index (χ4n) is 6.65. The van der Waals surface area contributed by atoms with Crippen molar-refractivity contribution in [3.63, 3.8) is 0 Å². The molecule has 6 heterocycles. The molecule has 6 aromatic heterocycles. The smallest absolute Gasteiger partial charge is 0.225 e. The number of nitrogens with two attached hydrogens (primary N) is 6. The van der Waals surface area contributed by atoms with Gasteiger partial charge in [-0.25, -0.2) is 48.1 Å². The molecule has 3 aromatic carbocycles. The van der Waals surface area contributed by atoms with Crippen molar-refractivity contribution >= 4 is 104 Å². The molecule has 22 nitrogen and oxygen atoms in total. The lowest BCUT2D eigenvalue weighted by Gasteiger charge is -2.10.